The van der Waals surface area contributed by atoms with E-state index < -0.39 is 0 Å². The topological polar surface area (TPSA) is 64.4 Å². The Kier molecular flexibility index (Phi) is 5.61. The molecule has 0 spiro atoms. The Morgan fingerprint density at radius 3 is 2.21 bits per heavy atom. The van der Waals surface area contributed by atoms with Gasteiger partial charge < -0.3 is 9.80 Å². The molecule has 0 radical (unpaired) electrons. The van der Waals surface area contributed by atoms with Crippen LogP contribution in [0.3, 0.4) is 0 Å². The first-order valence-electron chi connectivity index (χ1n) is 8.37. The molecule has 0 saturated carbocycles. The summed E-state index contributed by atoms with van der Waals surface area (Å²) in [4.78, 5) is 28.0. The third-order valence-corrected chi connectivity index (χ3v) is 4.36. The molecule has 1 fully saturated rings. The summed E-state index contributed by atoms with van der Waals surface area (Å²) in [5, 5.41) is 8.64. The smallest absolute Gasteiger partial charge is 0.253 e. The fourth-order valence-corrected chi connectivity index (χ4v) is 2.84. The summed E-state index contributed by atoms with van der Waals surface area (Å²) in [7, 11) is 0. The van der Waals surface area contributed by atoms with Crippen LogP contribution in [0.5, 0.6) is 0 Å². The van der Waals surface area contributed by atoms with Gasteiger partial charge in [0.05, 0.1) is 6.07 Å². The predicted octanol–water partition coefficient (Wildman–Crippen LogP) is 2.57. The second-order valence-electron chi connectivity index (χ2n) is 7.19. The zero-order valence-electron chi connectivity index (χ0n) is 14.7. The van der Waals surface area contributed by atoms with E-state index in [2.05, 4.69) is 20.8 Å². The number of nitrogens with zero attached hydrogens (tertiary/aromatic N) is 3. The summed E-state index contributed by atoms with van der Waals surface area (Å²) in [6.45, 7) is 8.68. The van der Waals surface area contributed by atoms with Crippen molar-refractivity contribution in [3.05, 3.63) is 35.4 Å². The van der Waals surface area contributed by atoms with E-state index >= 15 is 0 Å². The zero-order chi connectivity index (χ0) is 17.7. The Balaban J connectivity index is 2.03. The molecule has 0 atom stereocenters. The molecule has 5 nitrogen and oxygen atoms in total. The van der Waals surface area contributed by atoms with E-state index in [0.29, 0.717) is 31.7 Å². The van der Waals surface area contributed by atoms with Crippen LogP contribution in [-0.4, -0.2) is 47.8 Å². The molecule has 5 heteroatoms. The average molecular weight is 327 g/mol. The molecule has 1 saturated heterocycles. The van der Waals surface area contributed by atoms with E-state index in [1.54, 1.807) is 9.80 Å². The number of carbonyl (C=O) groups excluding carboxylic acids is 2. The Hall–Kier alpha value is -2.35. The number of carbonyl (C=O) groups is 2. The van der Waals surface area contributed by atoms with Crippen molar-refractivity contribution in [1.29, 1.82) is 5.26 Å². The molecular formula is C19H25N3O2. The lowest BCUT2D eigenvalue weighted by atomic mass is 9.86. The van der Waals surface area contributed by atoms with E-state index in [4.69, 9.17) is 5.26 Å². The van der Waals surface area contributed by atoms with Crippen LogP contribution in [-0.2, 0) is 10.2 Å². The first-order valence-corrected chi connectivity index (χ1v) is 8.37. The minimum atomic E-state index is -0.152. The highest BCUT2D eigenvalue weighted by Gasteiger charge is 2.23. The van der Waals surface area contributed by atoms with Crippen molar-refractivity contribution in [2.24, 2.45) is 0 Å². The van der Waals surface area contributed by atoms with Crippen LogP contribution >= 0.6 is 0 Å². The van der Waals surface area contributed by atoms with Crippen molar-refractivity contribution in [1.82, 2.24) is 9.80 Å². The quantitative estimate of drug-likeness (QED) is 0.838. The monoisotopic (exact) mass is 327 g/mol. The van der Waals surface area contributed by atoms with E-state index in [9.17, 15) is 9.59 Å². The number of nitriles is 1. The minimum Gasteiger partial charge on any atom is -0.340 e. The Morgan fingerprint density at radius 2 is 1.62 bits per heavy atom. The van der Waals surface area contributed by atoms with Gasteiger partial charge in [-0.25, -0.2) is 0 Å². The number of amides is 2. The van der Waals surface area contributed by atoms with Crippen molar-refractivity contribution in [2.45, 2.75) is 39.0 Å². The van der Waals surface area contributed by atoms with Gasteiger partial charge in [-0.15, -0.1) is 0 Å². The largest absolute Gasteiger partial charge is 0.340 e. The third-order valence-electron chi connectivity index (χ3n) is 4.36. The number of hydrogen-bond donors (Lipinski definition) is 0. The summed E-state index contributed by atoms with van der Waals surface area (Å²) < 4.78 is 0. The van der Waals surface area contributed by atoms with Crippen LogP contribution in [0.25, 0.3) is 0 Å². The average Bonchev–Trinajstić information content (AvgIpc) is 2.80. The lowest BCUT2D eigenvalue weighted by molar-refractivity contribution is -0.130. The van der Waals surface area contributed by atoms with Crippen molar-refractivity contribution < 1.29 is 9.59 Å². The van der Waals surface area contributed by atoms with Crippen LogP contribution in [0.15, 0.2) is 24.3 Å². The molecule has 0 aliphatic carbocycles. The van der Waals surface area contributed by atoms with Crippen molar-refractivity contribution in [2.75, 3.05) is 26.2 Å². The zero-order valence-corrected chi connectivity index (χ0v) is 14.7. The van der Waals surface area contributed by atoms with Gasteiger partial charge in [-0.3, -0.25) is 9.59 Å². The van der Waals surface area contributed by atoms with Gasteiger partial charge in [-0.05, 0) is 29.5 Å². The summed E-state index contributed by atoms with van der Waals surface area (Å²) in [6, 6.07) is 9.67. The first kappa shape index (κ1) is 18.0. The van der Waals surface area contributed by atoms with Crippen LogP contribution in [0.1, 0.15) is 49.5 Å². The fourth-order valence-electron chi connectivity index (χ4n) is 2.84. The highest BCUT2D eigenvalue weighted by Crippen LogP contribution is 2.22. The van der Waals surface area contributed by atoms with Crippen molar-refractivity contribution in [3.8, 4) is 6.07 Å². The molecule has 1 aliphatic heterocycles. The number of rotatable bonds is 2. The van der Waals surface area contributed by atoms with Gasteiger partial charge in [0.1, 0.15) is 6.42 Å². The Bertz CT molecular complexity index is 638. The van der Waals surface area contributed by atoms with Gasteiger partial charge in [0.15, 0.2) is 0 Å². The van der Waals surface area contributed by atoms with E-state index in [0.717, 1.165) is 6.42 Å². The lowest BCUT2D eigenvalue weighted by Gasteiger charge is -2.23. The summed E-state index contributed by atoms with van der Waals surface area (Å²) in [6.07, 6.45) is 0.644. The first-order chi connectivity index (χ1) is 11.3. The highest BCUT2D eigenvalue weighted by atomic mass is 16.2. The fraction of sp³-hybridized carbons (Fsp3) is 0.526. The molecule has 1 aromatic carbocycles. The number of hydrogen-bond acceptors (Lipinski definition) is 3. The van der Waals surface area contributed by atoms with Gasteiger partial charge in [-0.1, -0.05) is 32.9 Å². The van der Waals surface area contributed by atoms with E-state index in [-0.39, 0.29) is 23.7 Å². The molecule has 0 bridgehead atoms. The van der Waals surface area contributed by atoms with E-state index in [1.165, 1.54) is 5.56 Å². The van der Waals surface area contributed by atoms with Crippen molar-refractivity contribution in [3.63, 3.8) is 0 Å². The summed E-state index contributed by atoms with van der Waals surface area (Å²) >= 11 is 0. The second-order valence-corrected chi connectivity index (χ2v) is 7.19. The molecule has 0 aromatic heterocycles. The van der Waals surface area contributed by atoms with Crippen LogP contribution < -0.4 is 0 Å². The predicted molar refractivity (Wildman–Crippen MR) is 92.5 cm³/mol. The molecule has 0 N–H and O–H groups in total. The maximum Gasteiger partial charge on any atom is 0.253 e. The molecule has 0 unspecified atom stereocenters. The van der Waals surface area contributed by atoms with Gasteiger partial charge in [0.25, 0.3) is 5.91 Å². The van der Waals surface area contributed by atoms with Crippen molar-refractivity contribution >= 4 is 11.8 Å². The van der Waals surface area contributed by atoms with Crippen LogP contribution in [0.2, 0.25) is 0 Å². The highest BCUT2D eigenvalue weighted by molar-refractivity contribution is 5.94. The molecular weight excluding hydrogens is 302 g/mol. The summed E-state index contributed by atoms with van der Waals surface area (Å²) in [5.74, 6) is -0.147. The SMILES string of the molecule is CC(C)(C)c1ccc(C(=O)N2CCCN(C(=O)CC#N)CC2)cc1. The Morgan fingerprint density at radius 1 is 1.04 bits per heavy atom. The maximum absolute atomic E-state index is 12.7. The van der Waals surface area contributed by atoms with Gasteiger partial charge in [0.2, 0.25) is 5.91 Å². The molecule has 1 aromatic rings. The van der Waals surface area contributed by atoms with Crippen LogP contribution in [0.4, 0.5) is 0 Å². The molecule has 1 aliphatic rings. The third kappa shape index (κ3) is 4.35. The maximum atomic E-state index is 12.7. The van der Waals surface area contributed by atoms with Crippen LogP contribution in [0, 0.1) is 11.3 Å². The molecule has 1 heterocycles. The molecule has 24 heavy (non-hydrogen) atoms. The van der Waals surface area contributed by atoms with E-state index in [1.807, 2.05) is 30.3 Å². The normalized spacial score (nSPS) is 15.6. The van der Waals surface area contributed by atoms with Gasteiger partial charge in [0, 0.05) is 31.7 Å². The van der Waals surface area contributed by atoms with Gasteiger partial charge in [-0.2, -0.15) is 5.26 Å². The standard InChI is InChI=1S/C19H25N3O2/c1-19(2,3)16-7-5-15(6-8-16)18(24)22-12-4-11-21(13-14-22)17(23)9-10-20/h5-8H,4,9,11-14H2,1-3H3. The molecule has 2 amide bonds. The number of benzene rings is 1. The summed E-state index contributed by atoms with van der Waals surface area (Å²) in [5.41, 5.74) is 1.94. The Labute approximate surface area is 143 Å². The second kappa shape index (κ2) is 7.48. The molecule has 2 rings (SSSR count). The minimum absolute atomic E-state index is 0.00467. The van der Waals surface area contributed by atoms with Gasteiger partial charge >= 0.3 is 0 Å². The lowest BCUT2D eigenvalue weighted by Crippen LogP contribution is -2.37. The molecule has 128 valence electrons.